The van der Waals surface area contributed by atoms with Gasteiger partial charge in [0.15, 0.2) is 0 Å². The van der Waals surface area contributed by atoms with Crippen molar-refractivity contribution < 1.29 is 14.3 Å². The van der Waals surface area contributed by atoms with Gasteiger partial charge in [0.1, 0.15) is 17.4 Å². The zero-order valence-electron chi connectivity index (χ0n) is 14.3. The van der Waals surface area contributed by atoms with E-state index in [0.29, 0.717) is 11.3 Å². The summed E-state index contributed by atoms with van der Waals surface area (Å²) in [5.41, 5.74) is 8.17. The summed E-state index contributed by atoms with van der Waals surface area (Å²) in [6.45, 7) is 3.62. The van der Waals surface area contributed by atoms with Crippen molar-refractivity contribution in [2.24, 2.45) is 5.73 Å². The molecule has 2 rings (SSSR count). The summed E-state index contributed by atoms with van der Waals surface area (Å²) in [7, 11) is 3.88. The number of hydrogen-bond acceptors (Lipinski definition) is 6. The van der Waals surface area contributed by atoms with Gasteiger partial charge in [-0.25, -0.2) is 4.79 Å². The molecule has 0 aromatic heterocycles. The molecule has 0 fully saturated rings. The molecule has 1 aliphatic heterocycles. The number of carbonyl (C=O) groups is 1. The Bertz CT molecular complexity index is 740. The molecule has 1 aromatic carbocycles. The minimum atomic E-state index is -0.598. The number of nitrogens with zero attached hydrogens (tertiary/aromatic N) is 2. The Morgan fingerprint density at radius 1 is 1.38 bits per heavy atom. The number of anilines is 1. The van der Waals surface area contributed by atoms with Crippen LogP contribution >= 0.6 is 0 Å². The van der Waals surface area contributed by atoms with Crippen molar-refractivity contribution in [1.82, 2.24) is 0 Å². The molecule has 0 spiro atoms. The molecular formula is C18H21N3O3. The standard InChI is InChI=1S/C18H21N3O3/c1-5-23-18(22)15-11(2)24-17(20)14(10-19)16(15)12-6-8-13(9-7-12)21(3)4/h6-9,16H,5,20H2,1-4H3/t16-/m1/s1. The highest BCUT2D eigenvalue weighted by Crippen LogP contribution is 2.39. The number of rotatable bonds is 4. The molecule has 6 nitrogen and oxygen atoms in total. The smallest absolute Gasteiger partial charge is 0.338 e. The predicted molar refractivity (Wildman–Crippen MR) is 90.8 cm³/mol. The van der Waals surface area contributed by atoms with Gasteiger partial charge < -0.3 is 20.1 Å². The summed E-state index contributed by atoms with van der Waals surface area (Å²) in [5.74, 6) is -0.729. The number of nitrogens with two attached hydrogens (primary N) is 1. The average Bonchev–Trinajstić information content (AvgIpc) is 2.54. The summed E-state index contributed by atoms with van der Waals surface area (Å²) in [6, 6.07) is 9.67. The minimum Gasteiger partial charge on any atom is -0.463 e. The second-order valence-corrected chi connectivity index (χ2v) is 5.60. The molecule has 6 heteroatoms. The molecule has 1 atom stereocenters. The van der Waals surface area contributed by atoms with Crippen LogP contribution in [0.1, 0.15) is 25.3 Å². The van der Waals surface area contributed by atoms with E-state index in [2.05, 4.69) is 6.07 Å². The third kappa shape index (κ3) is 3.20. The van der Waals surface area contributed by atoms with Crippen LogP contribution in [0.2, 0.25) is 0 Å². The Hall–Kier alpha value is -2.94. The van der Waals surface area contributed by atoms with E-state index in [4.69, 9.17) is 15.2 Å². The first kappa shape index (κ1) is 17.4. The number of carbonyl (C=O) groups excluding carboxylic acids is 1. The lowest BCUT2D eigenvalue weighted by molar-refractivity contribution is -0.139. The third-order valence-corrected chi connectivity index (χ3v) is 3.84. The number of ether oxygens (including phenoxy) is 2. The maximum atomic E-state index is 12.4. The first-order valence-corrected chi connectivity index (χ1v) is 7.63. The van der Waals surface area contributed by atoms with Gasteiger partial charge in [0, 0.05) is 19.8 Å². The molecule has 0 aliphatic carbocycles. The summed E-state index contributed by atoms with van der Waals surface area (Å²) in [4.78, 5) is 14.4. The summed E-state index contributed by atoms with van der Waals surface area (Å²) in [6.07, 6.45) is 0. The highest BCUT2D eigenvalue weighted by atomic mass is 16.5. The van der Waals surface area contributed by atoms with Crippen LogP contribution in [-0.4, -0.2) is 26.7 Å². The molecular weight excluding hydrogens is 306 g/mol. The molecule has 0 saturated heterocycles. The van der Waals surface area contributed by atoms with Gasteiger partial charge in [-0.3, -0.25) is 0 Å². The monoisotopic (exact) mass is 327 g/mol. The summed E-state index contributed by atoms with van der Waals surface area (Å²) in [5, 5.41) is 9.50. The van der Waals surface area contributed by atoms with Crippen LogP contribution in [0, 0.1) is 11.3 Å². The second kappa shape index (κ2) is 7.09. The fraction of sp³-hybridized carbons (Fsp3) is 0.333. The minimum absolute atomic E-state index is 0.0183. The summed E-state index contributed by atoms with van der Waals surface area (Å²) < 4.78 is 10.5. The third-order valence-electron chi connectivity index (χ3n) is 3.84. The molecule has 24 heavy (non-hydrogen) atoms. The molecule has 0 saturated carbocycles. The zero-order chi connectivity index (χ0) is 17.9. The van der Waals surface area contributed by atoms with E-state index in [0.717, 1.165) is 11.3 Å². The Morgan fingerprint density at radius 2 is 2.00 bits per heavy atom. The van der Waals surface area contributed by atoms with Gasteiger partial charge >= 0.3 is 5.97 Å². The van der Waals surface area contributed by atoms with Crippen LogP contribution in [0.5, 0.6) is 0 Å². The fourth-order valence-electron chi connectivity index (χ4n) is 2.65. The van der Waals surface area contributed by atoms with Crippen LogP contribution in [-0.2, 0) is 14.3 Å². The van der Waals surface area contributed by atoms with Gasteiger partial charge in [-0.05, 0) is 31.5 Å². The lowest BCUT2D eigenvalue weighted by Gasteiger charge is -2.27. The van der Waals surface area contributed by atoms with Crippen molar-refractivity contribution in [1.29, 1.82) is 5.26 Å². The van der Waals surface area contributed by atoms with Crippen molar-refractivity contribution in [3.63, 3.8) is 0 Å². The van der Waals surface area contributed by atoms with Gasteiger partial charge in [-0.1, -0.05) is 12.1 Å². The Kier molecular flexibility index (Phi) is 5.14. The van der Waals surface area contributed by atoms with Crippen LogP contribution in [0.15, 0.2) is 47.1 Å². The maximum Gasteiger partial charge on any atom is 0.338 e. The zero-order valence-corrected chi connectivity index (χ0v) is 14.3. The van der Waals surface area contributed by atoms with Gasteiger partial charge in [-0.2, -0.15) is 5.26 Å². The quantitative estimate of drug-likeness (QED) is 0.854. The highest BCUT2D eigenvalue weighted by molar-refractivity contribution is 5.92. The van der Waals surface area contributed by atoms with E-state index < -0.39 is 11.9 Å². The number of benzene rings is 1. The van der Waals surface area contributed by atoms with Gasteiger partial charge in [0.25, 0.3) is 0 Å². The van der Waals surface area contributed by atoms with Crippen LogP contribution in [0.3, 0.4) is 0 Å². The fourth-order valence-corrected chi connectivity index (χ4v) is 2.65. The molecule has 1 aliphatic rings. The largest absolute Gasteiger partial charge is 0.463 e. The molecule has 1 aromatic rings. The van der Waals surface area contributed by atoms with Gasteiger partial charge in [0.2, 0.25) is 5.88 Å². The van der Waals surface area contributed by atoms with E-state index >= 15 is 0 Å². The SMILES string of the molecule is CCOC(=O)C1=C(C)OC(N)=C(C#N)[C@H]1c1ccc(N(C)C)cc1. The predicted octanol–water partition coefficient (Wildman–Crippen LogP) is 2.40. The molecule has 0 unspecified atom stereocenters. The van der Waals surface area contributed by atoms with Crippen LogP contribution in [0.4, 0.5) is 5.69 Å². The van der Waals surface area contributed by atoms with E-state index in [1.165, 1.54) is 0 Å². The topological polar surface area (TPSA) is 88.6 Å². The number of hydrogen-bond donors (Lipinski definition) is 1. The maximum absolute atomic E-state index is 12.4. The van der Waals surface area contributed by atoms with E-state index in [-0.39, 0.29) is 18.1 Å². The lowest BCUT2D eigenvalue weighted by Crippen LogP contribution is -2.25. The number of nitriles is 1. The van der Waals surface area contributed by atoms with Crippen LogP contribution in [0.25, 0.3) is 0 Å². The summed E-state index contributed by atoms with van der Waals surface area (Å²) >= 11 is 0. The molecule has 126 valence electrons. The Morgan fingerprint density at radius 3 is 2.50 bits per heavy atom. The van der Waals surface area contributed by atoms with Crippen molar-refractivity contribution in [2.75, 3.05) is 25.6 Å². The normalized spacial score (nSPS) is 17.2. The average molecular weight is 327 g/mol. The highest BCUT2D eigenvalue weighted by Gasteiger charge is 2.36. The van der Waals surface area contributed by atoms with Gasteiger partial charge in [0.05, 0.1) is 18.1 Å². The van der Waals surface area contributed by atoms with E-state index in [9.17, 15) is 10.1 Å². The van der Waals surface area contributed by atoms with E-state index in [1.807, 2.05) is 43.3 Å². The number of esters is 1. The van der Waals surface area contributed by atoms with Crippen molar-refractivity contribution in [3.8, 4) is 6.07 Å². The second-order valence-electron chi connectivity index (χ2n) is 5.60. The molecule has 2 N–H and O–H groups in total. The first-order valence-electron chi connectivity index (χ1n) is 7.63. The lowest BCUT2D eigenvalue weighted by atomic mass is 9.83. The Labute approximate surface area is 141 Å². The molecule has 1 heterocycles. The van der Waals surface area contributed by atoms with E-state index in [1.54, 1.807) is 13.8 Å². The Balaban J connectivity index is 2.55. The molecule has 0 radical (unpaired) electrons. The van der Waals surface area contributed by atoms with Gasteiger partial charge in [-0.15, -0.1) is 0 Å². The van der Waals surface area contributed by atoms with Crippen molar-refractivity contribution in [2.45, 2.75) is 19.8 Å². The number of allylic oxidation sites excluding steroid dienone is 2. The van der Waals surface area contributed by atoms with Crippen molar-refractivity contribution in [3.05, 3.63) is 52.6 Å². The first-order chi connectivity index (χ1) is 11.4. The molecule has 0 amide bonds. The van der Waals surface area contributed by atoms with Crippen LogP contribution < -0.4 is 10.6 Å². The van der Waals surface area contributed by atoms with Crippen molar-refractivity contribution >= 4 is 11.7 Å². The molecule has 0 bridgehead atoms.